The fourth-order valence-corrected chi connectivity index (χ4v) is 27.0. The SMILES string of the molecule is COc1cc(N)c(C2CC(O[Si](C(C)C)(C(C)C)C(C)C)C(O[Si](C(C)C)(C(C)C)C(C)C)C(CO[Si](C(C)C)(C(C)C)C(C)C)O2)cn1. The molecule has 49 heavy (non-hydrogen) atoms. The third-order valence-corrected chi connectivity index (χ3v) is 30.6. The van der Waals surface area contributed by atoms with Gasteiger partial charge >= 0.3 is 0 Å². The van der Waals surface area contributed by atoms with Crippen LogP contribution >= 0.6 is 0 Å². The number of methoxy groups -OCH3 is 1. The summed E-state index contributed by atoms with van der Waals surface area (Å²) < 4.78 is 35.7. The van der Waals surface area contributed by atoms with Crippen LogP contribution in [0.1, 0.15) is 143 Å². The van der Waals surface area contributed by atoms with E-state index < -0.39 is 25.0 Å². The van der Waals surface area contributed by atoms with Crippen molar-refractivity contribution in [2.45, 2.75) is 205 Å². The number of pyridine rings is 1. The van der Waals surface area contributed by atoms with Crippen molar-refractivity contribution in [3.63, 3.8) is 0 Å². The molecule has 0 spiro atoms. The van der Waals surface area contributed by atoms with Crippen LogP contribution in [0, 0.1) is 0 Å². The Balaban J connectivity index is 2.92. The molecule has 0 radical (unpaired) electrons. The number of nitrogens with two attached hydrogens (primary N) is 1. The first-order valence-corrected chi connectivity index (χ1v) is 25.9. The molecule has 1 aromatic heterocycles. The lowest BCUT2D eigenvalue weighted by molar-refractivity contribution is -0.172. The average Bonchev–Trinajstić information content (AvgIpc) is 2.97. The zero-order valence-corrected chi connectivity index (χ0v) is 38.1. The molecule has 2 heterocycles. The molecule has 286 valence electrons. The molecular formula is C39H78N2O5Si3. The number of aromatic nitrogens is 1. The van der Waals surface area contributed by atoms with Gasteiger partial charge in [-0.25, -0.2) is 4.98 Å². The van der Waals surface area contributed by atoms with Gasteiger partial charge in [-0.2, -0.15) is 0 Å². The highest BCUT2D eigenvalue weighted by Gasteiger charge is 2.56. The van der Waals surface area contributed by atoms with Gasteiger partial charge in [0.05, 0.1) is 32.0 Å². The number of ether oxygens (including phenoxy) is 2. The molecule has 7 nitrogen and oxygen atoms in total. The Hall–Kier alpha value is -0.759. The summed E-state index contributed by atoms with van der Waals surface area (Å²) >= 11 is 0. The molecule has 2 rings (SSSR count). The van der Waals surface area contributed by atoms with Gasteiger partial charge in [-0.1, -0.05) is 125 Å². The predicted octanol–water partition coefficient (Wildman–Crippen LogP) is 11.8. The molecule has 1 aliphatic heterocycles. The summed E-state index contributed by atoms with van der Waals surface area (Å²) in [7, 11) is -5.30. The number of nitrogens with zero attached hydrogens (tertiary/aromatic N) is 1. The fraction of sp³-hybridized carbons (Fsp3) is 0.872. The first kappa shape index (κ1) is 44.4. The molecular weight excluding hydrogens is 661 g/mol. The number of hydrogen-bond donors (Lipinski definition) is 1. The van der Waals surface area contributed by atoms with Crippen molar-refractivity contribution in [1.82, 2.24) is 4.98 Å². The normalized spacial score (nSPS) is 21.6. The van der Waals surface area contributed by atoms with Crippen molar-refractivity contribution < 1.29 is 22.8 Å². The zero-order chi connectivity index (χ0) is 37.8. The number of rotatable bonds is 18. The van der Waals surface area contributed by atoms with Gasteiger partial charge in [0.2, 0.25) is 22.5 Å². The molecule has 1 fully saturated rings. The van der Waals surface area contributed by atoms with Crippen LogP contribution in [0.15, 0.2) is 12.3 Å². The lowest BCUT2D eigenvalue weighted by Crippen LogP contribution is -2.62. The Morgan fingerprint density at radius 2 is 1.08 bits per heavy atom. The second-order valence-corrected chi connectivity index (χ2v) is 34.0. The maximum atomic E-state index is 7.85. The molecule has 4 atom stereocenters. The number of hydrogen-bond acceptors (Lipinski definition) is 7. The molecule has 0 amide bonds. The van der Waals surface area contributed by atoms with Crippen molar-refractivity contribution in [2.75, 3.05) is 19.5 Å². The van der Waals surface area contributed by atoms with Crippen molar-refractivity contribution in [3.8, 4) is 5.88 Å². The summed E-state index contributed by atoms with van der Waals surface area (Å²) in [5, 5.41) is 0. The van der Waals surface area contributed by atoms with Gasteiger partial charge in [0, 0.05) is 29.9 Å². The smallest absolute Gasteiger partial charge is 0.214 e. The van der Waals surface area contributed by atoms with Crippen LogP contribution in [0.2, 0.25) is 49.9 Å². The fourth-order valence-electron chi connectivity index (χ4n) is 10.4. The molecule has 10 heteroatoms. The van der Waals surface area contributed by atoms with Gasteiger partial charge in [-0.15, -0.1) is 0 Å². The summed E-state index contributed by atoms with van der Waals surface area (Å²) in [6.07, 6.45) is 1.41. The molecule has 2 N–H and O–H groups in total. The zero-order valence-electron chi connectivity index (χ0n) is 35.1. The molecule has 1 aliphatic rings. The molecule has 1 aromatic rings. The van der Waals surface area contributed by atoms with Gasteiger partial charge < -0.3 is 28.5 Å². The van der Waals surface area contributed by atoms with E-state index in [-0.39, 0.29) is 24.4 Å². The van der Waals surface area contributed by atoms with E-state index in [0.29, 0.717) is 74.5 Å². The minimum atomic E-state index is -2.36. The summed E-state index contributed by atoms with van der Waals surface area (Å²) in [5.41, 5.74) is 12.2. The average molecular weight is 739 g/mol. The van der Waals surface area contributed by atoms with Crippen LogP contribution < -0.4 is 10.5 Å². The van der Waals surface area contributed by atoms with Crippen LogP contribution in [0.4, 0.5) is 5.69 Å². The predicted molar refractivity (Wildman–Crippen MR) is 216 cm³/mol. The van der Waals surface area contributed by atoms with Crippen molar-refractivity contribution in [2.24, 2.45) is 0 Å². The van der Waals surface area contributed by atoms with Crippen LogP contribution in [0.5, 0.6) is 5.88 Å². The van der Waals surface area contributed by atoms with Crippen molar-refractivity contribution in [1.29, 1.82) is 0 Å². The van der Waals surface area contributed by atoms with Gasteiger partial charge in [-0.3, -0.25) is 0 Å². The maximum absolute atomic E-state index is 7.85. The largest absolute Gasteiger partial charge is 0.481 e. The maximum Gasteiger partial charge on any atom is 0.214 e. The van der Waals surface area contributed by atoms with E-state index in [1.165, 1.54) is 0 Å². The monoisotopic (exact) mass is 739 g/mol. The Bertz CT molecular complexity index is 1090. The molecule has 1 saturated heterocycles. The van der Waals surface area contributed by atoms with E-state index in [1.807, 2.05) is 6.20 Å². The Kier molecular flexibility index (Phi) is 16.2. The lowest BCUT2D eigenvalue weighted by Gasteiger charge is -2.54. The second kappa shape index (κ2) is 17.8. The third kappa shape index (κ3) is 8.90. The minimum absolute atomic E-state index is 0.177. The van der Waals surface area contributed by atoms with Crippen molar-refractivity contribution in [3.05, 3.63) is 17.8 Å². The van der Waals surface area contributed by atoms with Gasteiger partial charge in [0.15, 0.2) is 8.32 Å². The Morgan fingerprint density at radius 3 is 1.45 bits per heavy atom. The third-order valence-electron chi connectivity index (χ3n) is 12.3. The summed E-state index contributed by atoms with van der Waals surface area (Å²) in [6.45, 7) is 43.0. The quantitative estimate of drug-likeness (QED) is 0.150. The molecule has 0 aliphatic carbocycles. The molecule has 4 unspecified atom stereocenters. The topological polar surface area (TPSA) is 85.1 Å². The van der Waals surface area contributed by atoms with Crippen LogP contribution in [-0.4, -0.2) is 62.0 Å². The first-order chi connectivity index (χ1) is 22.6. The summed E-state index contributed by atoms with van der Waals surface area (Å²) in [4.78, 5) is 4.58. The highest BCUT2D eigenvalue weighted by Crippen LogP contribution is 2.50. The Labute approximate surface area is 305 Å². The minimum Gasteiger partial charge on any atom is -0.481 e. The number of nitrogen functional groups attached to an aromatic ring is 1. The van der Waals surface area contributed by atoms with E-state index in [0.717, 1.165) is 5.56 Å². The van der Waals surface area contributed by atoms with Crippen molar-refractivity contribution >= 4 is 30.6 Å². The van der Waals surface area contributed by atoms with Gasteiger partial charge in [-0.05, 0) is 49.9 Å². The van der Waals surface area contributed by atoms with E-state index >= 15 is 0 Å². The van der Waals surface area contributed by atoms with Crippen LogP contribution in [0.25, 0.3) is 0 Å². The van der Waals surface area contributed by atoms with Gasteiger partial charge in [0.1, 0.15) is 6.10 Å². The Morgan fingerprint density at radius 1 is 0.673 bits per heavy atom. The van der Waals surface area contributed by atoms with E-state index in [9.17, 15) is 0 Å². The number of anilines is 1. The first-order valence-electron chi connectivity index (χ1n) is 19.5. The highest BCUT2D eigenvalue weighted by molar-refractivity contribution is 6.78. The summed E-state index contributed by atoms with van der Waals surface area (Å²) in [6, 6.07) is 1.81. The second-order valence-electron chi connectivity index (χ2n) is 17.8. The standard InChI is InChI=1S/C39H78N2O5Si3/c1-24(2)47(25(3)4,26(5)6)43-23-37-39(46-49(30(13)14,31(15)16)32(17)18)36(45-48(27(7)8,28(9)10)29(11)12)21-35(44-37)33-22-41-38(42-19)20-34(33)40/h20,22,24-32,35-37,39H,21,23H2,1-19H3,(H2,40,41). The summed E-state index contributed by atoms with van der Waals surface area (Å²) in [5.74, 6) is 0.500. The van der Waals surface area contributed by atoms with E-state index in [4.69, 9.17) is 28.5 Å². The molecule has 0 aromatic carbocycles. The van der Waals surface area contributed by atoms with Crippen LogP contribution in [0.3, 0.4) is 0 Å². The lowest BCUT2D eigenvalue weighted by atomic mass is 9.94. The highest BCUT2D eigenvalue weighted by atomic mass is 28.4. The van der Waals surface area contributed by atoms with Crippen LogP contribution in [-0.2, 0) is 18.0 Å². The van der Waals surface area contributed by atoms with Gasteiger partial charge in [0.25, 0.3) is 0 Å². The molecule has 0 bridgehead atoms. The van der Waals surface area contributed by atoms with E-state index in [1.54, 1.807) is 13.2 Å². The molecule has 0 saturated carbocycles. The van der Waals surface area contributed by atoms with E-state index in [2.05, 4.69) is 130 Å².